The fourth-order valence-corrected chi connectivity index (χ4v) is 5.16. The molecule has 5 nitrogen and oxygen atoms in total. The highest BCUT2D eigenvalue weighted by Gasteiger charge is 2.50. The third-order valence-corrected chi connectivity index (χ3v) is 6.99. The van der Waals surface area contributed by atoms with Crippen LogP contribution in [0.3, 0.4) is 0 Å². The molecule has 1 fully saturated rings. The molecule has 0 amide bonds. The van der Waals surface area contributed by atoms with Crippen molar-refractivity contribution >= 4 is 11.8 Å². The normalized spacial score (nSPS) is 19.9. The Kier molecular flexibility index (Phi) is 3.86. The van der Waals surface area contributed by atoms with Crippen LogP contribution in [0.5, 0.6) is 0 Å². The second-order valence-corrected chi connectivity index (χ2v) is 9.95. The van der Waals surface area contributed by atoms with Gasteiger partial charge in [-0.15, -0.1) is 10.2 Å². The van der Waals surface area contributed by atoms with E-state index in [1.165, 1.54) is 5.56 Å². The highest BCUT2D eigenvalue weighted by atomic mass is 32.2. The van der Waals surface area contributed by atoms with Crippen molar-refractivity contribution in [3.63, 3.8) is 0 Å². The molecule has 1 aromatic carbocycles. The van der Waals surface area contributed by atoms with Crippen molar-refractivity contribution in [3.8, 4) is 11.3 Å². The van der Waals surface area contributed by atoms with Crippen LogP contribution >= 0.6 is 11.8 Å². The zero-order chi connectivity index (χ0) is 18.5. The molecule has 27 heavy (non-hydrogen) atoms. The SMILES string of the molecule is CC1(C)Cc2nnc(C3(c4cccc(-c5cccnn5)c4)CC3)n2CCS1. The lowest BCUT2D eigenvalue weighted by Gasteiger charge is -2.19. The van der Waals surface area contributed by atoms with Gasteiger partial charge < -0.3 is 4.57 Å². The van der Waals surface area contributed by atoms with Crippen LogP contribution in [0.1, 0.15) is 43.9 Å². The molecule has 5 rings (SSSR count). The van der Waals surface area contributed by atoms with Crippen LogP contribution in [0.2, 0.25) is 0 Å². The van der Waals surface area contributed by atoms with Gasteiger partial charge in [-0.05, 0) is 36.6 Å². The van der Waals surface area contributed by atoms with Crippen LogP contribution in [0.15, 0.2) is 42.6 Å². The molecule has 2 aliphatic rings. The van der Waals surface area contributed by atoms with Crippen molar-refractivity contribution in [2.75, 3.05) is 5.75 Å². The summed E-state index contributed by atoms with van der Waals surface area (Å²) in [5, 5.41) is 17.6. The summed E-state index contributed by atoms with van der Waals surface area (Å²) in [6.07, 6.45) is 4.94. The number of hydrogen-bond acceptors (Lipinski definition) is 5. The van der Waals surface area contributed by atoms with Gasteiger partial charge in [0.25, 0.3) is 0 Å². The Morgan fingerprint density at radius 3 is 2.70 bits per heavy atom. The van der Waals surface area contributed by atoms with Crippen LogP contribution in [-0.2, 0) is 18.4 Å². The van der Waals surface area contributed by atoms with E-state index >= 15 is 0 Å². The summed E-state index contributed by atoms with van der Waals surface area (Å²) >= 11 is 2.03. The Morgan fingerprint density at radius 2 is 1.93 bits per heavy atom. The molecule has 0 unspecified atom stereocenters. The van der Waals surface area contributed by atoms with E-state index < -0.39 is 0 Å². The van der Waals surface area contributed by atoms with E-state index in [4.69, 9.17) is 5.10 Å². The molecule has 2 aromatic heterocycles. The van der Waals surface area contributed by atoms with E-state index in [-0.39, 0.29) is 10.2 Å². The number of thioether (sulfide) groups is 1. The topological polar surface area (TPSA) is 56.5 Å². The highest BCUT2D eigenvalue weighted by molar-refractivity contribution is 8.00. The third-order valence-electron chi connectivity index (χ3n) is 5.68. The molecular formula is C21H23N5S. The molecule has 3 heterocycles. The molecule has 0 spiro atoms. The largest absolute Gasteiger partial charge is 0.313 e. The summed E-state index contributed by atoms with van der Waals surface area (Å²) in [7, 11) is 0. The molecule has 0 radical (unpaired) electrons. The maximum Gasteiger partial charge on any atom is 0.143 e. The van der Waals surface area contributed by atoms with Gasteiger partial charge in [-0.1, -0.05) is 32.0 Å². The third kappa shape index (κ3) is 2.96. The lowest BCUT2D eigenvalue weighted by Crippen LogP contribution is -2.20. The smallest absolute Gasteiger partial charge is 0.143 e. The number of benzene rings is 1. The van der Waals surface area contributed by atoms with E-state index in [0.29, 0.717) is 0 Å². The standard InChI is InChI=1S/C21H23N5S/c1-20(2)14-18-24-25-19(26(18)11-12-27-20)21(8-9-21)16-6-3-5-15(13-16)17-7-4-10-22-23-17/h3-7,10,13H,8-9,11-12,14H2,1-2H3. The number of aromatic nitrogens is 5. The lowest BCUT2D eigenvalue weighted by atomic mass is 9.92. The predicted octanol–water partition coefficient (Wildman–Crippen LogP) is 3.88. The average molecular weight is 378 g/mol. The minimum absolute atomic E-state index is 0.00260. The summed E-state index contributed by atoms with van der Waals surface area (Å²) in [6.45, 7) is 5.61. The first kappa shape index (κ1) is 16.9. The van der Waals surface area contributed by atoms with Crippen LogP contribution < -0.4 is 0 Å². The molecule has 1 saturated carbocycles. The molecule has 1 aliphatic heterocycles. The molecule has 0 atom stereocenters. The minimum atomic E-state index is 0.00260. The Morgan fingerprint density at radius 1 is 1.04 bits per heavy atom. The molecule has 3 aromatic rings. The molecule has 0 N–H and O–H groups in total. The van der Waals surface area contributed by atoms with E-state index in [9.17, 15) is 0 Å². The second kappa shape index (κ2) is 6.16. The highest BCUT2D eigenvalue weighted by Crippen LogP contribution is 2.53. The molecule has 0 saturated heterocycles. The van der Waals surface area contributed by atoms with Gasteiger partial charge in [-0.2, -0.15) is 22.0 Å². The van der Waals surface area contributed by atoms with Crippen molar-refractivity contribution in [2.24, 2.45) is 0 Å². The summed E-state index contributed by atoms with van der Waals surface area (Å²) in [5.74, 6) is 3.39. The summed E-state index contributed by atoms with van der Waals surface area (Å²) in [6, 6.07) is 12.6. The first-order valence-corrected chi connectivity index (χ1v) is 10.5. The zero-order valence-corrected chi connectivity index (χ0v) is 16.5. The number of hydrogen-bond donors (Lipinski definition) is 0. The van der Waals surface area contributed by atoms with Crippen molar-refractivity contribution in [2.45, 2.75) is 49.8 Å². The molecular weight excluding hydrogens is 354 g/mol. The molecule has 1 aliphatic carbocycles. The van der Waals surface area contributed by atoms with Gasteiger partial charge in [0.1, 0.15) is 11.6 Å². The Bertz CT molecular complexity index is 975. The summed E-state index contributed by atoms with van der Waals surface area (Å²) in [4.78, 5) is 0. The van der Waals surface area contributed by atoms with Crippen LogP contribution in [0.4, 0.5) is 0 Å². The molecule has 0 bridgehead atoms. The molecule has 6 heteroatoms. The van der Waals surface area contributed by atoms with Crippen LogP contribution in [0, 0.1) is 0 Å². The van der Waals surface area contributed by atoms with E-state index in [0.717, 1.165) is 54.5 Å². The quantitative estimate of drug-likeness (QED) is 0.693. The minimum Gasteiger partial charge on any atom is -0.313 e. The Balaban J connectivity index is 1.55. The Hall–Kier alpha value is -2.21. The number of rotatable bonds is 3. The zero-order valence-electron chi connectivity index (χ0n) is 15.7. The van der Waals surface area contributed by atoms with Gasteiger partial charge in [-0.3, -0.25) is 0 Å². The van der Waals surface area contributed by atoms with Gasteiger partial charge in [0.15, 0.2) is 0 Å². The van der Waals surface area contributed by atoms with Crippen LogP contribution in [0.25, 0.3) is 11.3 Å². The van der Waals surface area contributed by atoms with Gasteiger partial charge in [0.05, 0.1) is 11.1 Å². The van der Waals surface area contributed by atoms with E-state index in [1.807, 2.05) is 23.9 Å². The van der Waals surface area contributed by atoms with Crippen molar-refractivity contribution < 1.29 is 0 Å². The summed E-state index contributed by atoms with van der Waals surface area (Å²) < 4.78 is 2.62. The first-order chi connectivity index (χ1) is 13.1. The van der Waals surface area contributed by atoms with Crippen molar-refractivity contribution in [3.05, 3.63) is 59.8 Å². The maximum absolute atomic E-state index is 4.69. The monoisotopic (exact) mass is 377 g/mol. The van der Waals surface area contributed by atoms with Crippen molar-refractivity contribution in [1.29, 1.82) is 0 Å². The fourth-order valence-electron chi connectivity index (χ4n) is 4.10. The van der Waals surface area contributed by atoms with E-state index in [2.05, 4.69) is 58.0 Å². The maximum atomic E-state index is 4.69. The second-order valence-electron chi connectivity index (χ2n) is 8.15. The predicted molar refractivity (Wildman–Crippen MR) is 108 cm³/mol. The fraction of sp³-hybridized carbons (Fsp3) is 0.429. The average Bonchev–Trinajstić information content (AvgIpc) is 3.42. The van der Waals surface area contributed by atoms with Gasteiger partial charge in [0, 0.05) is 35.2 Å². The molecule has 138 valence electrons. The van der Waals surface area contributed by atoms with Gasteiger partial charge in [0.2, 0.25) is 0 Å². The Labute approximate surface area is 163 Å². The number of nitrogens with zero attached hydrogens (tertiary/aromatic N) is 5. The number of fused-ring (bicyclic) bond motifs is 1. The van der Waals surface area contributed by atoms with Crippen molar-refractivity contribution in [1.82, 2.24) is 25.0 Å². The lowest BCUT2D eigenvalue weighted by molar-refractivity contribution is 0.607. The van der Waals surface area contributed by atoms with Gasteiger partial charge in [-0.25, -0.2) is 0 Å². The summed E-state index contributed by atoms with van der Waals surface area (Å²) in [5.41, 5.74) is 3.34. The van der Waals surface area contributed by atoms with E-state index in [1.54, 1.807) is 6.20 Å². The van der Waals surface area contributed by atoms with Gasteiger partial charge >= 0.3 is 0 Å². The van der Waals surface area contributed by atoms with Crippen LogP contribution in [-0.4, -0.2) is 35.5 Å². The first-order valence-electron chi connectivity index (χ1n) is 9.53.